The first-order chi connectivity index (χ1) is 8.92. The third kappa shape index (κ3) is 2.99. The minimum absolute atomic E-state index is 0.0372. The van der Waals surface area contributed by atoms with Gasteiger partial charge >= 0.3 is 6.09 Å². The second-order valence-corrected chi connectivity index (χ2v) is 8.47. The van der Waals surface area contributed by atoms with Crippen LogP contribution in [0.1, 0.15) is 60.8 Å². The summed E-state index contributed by atoms with van der Waals surface area (Å²) in [4.78, 5) is 24.1. The van der Waals surface area contributed by atoms with Crippen molar-refractivity contribution in [2.45, 2.75) is 71.9 Å². The highest BCUT2D eigenvalue weighted by atomic mass is 16.6. The van der Waals surface area contributed by atoms with Gasteiger partial charge in [0.25, 0.3) is 0 Å². The minimum Gasteiger partial charge on any atom is -0.444 e. The quantitative estimate of drug-likeness (QED) is 0.802. The van der Waals surface area contributed by atoms with Gasteiger partial charge in [-0.3, -0.25) is 4.79 Å². The molecule has 0 aromatic carbocycles. The van der Waals surface area contributed by atoms with Crippen molar-refractivity contribution in [3.8, 4) is 0 Å². The SMILES string of the molecule is CC1(C)CC(=O)[C@@H]2C[C@@](C)(NC(=O)OC(C)(C)C)[C@@H]2C1. The Hall–Kier alpha value is -1.06. The second kappa shape index (κ2) is 4.47. The third-order valence-corrected chi connectivity index (χ3v) is 4.57. The first-order valence-electron chi connectivity index (χ1n) is 7.46. The van der Waals surface area contributed by atoms with Crippen LogP contribution in [0.25, 0.3) is 0 Å². The summed E-state index contributed by atoms with van der Waals surface area (Å²) in [7, 11) is 0. The highest BCUT2D eigenvalue weighted by molar-refractivity contribution is 5.85. The van der Waals surface area contributed by atoms with Crippen LogP contribution in [0.5, 0.6) is 0 Å². The molecule has 1 amide bonds. The lowest BCUT2D eigenvalue weighted by Crippen LogP contribution is -2.67. The molecule has 0 saturated heterocycles. The predicted molar refractivity (Wildman–Crippen MR) is 77.4 cm³/mol. The van der Waals surface area contributed by atoms with Gasteiger partial charge < -0.3 is 10.1 Å². The van der Waals surface area contributed by atoms with E-state index in [0.29, 0.717) is 12.2 Å². The molecule has 0 unspecified atom stereocenters. The van der Waals surface area contributed by atoms with E-state index in [1.807, 2.05) is 27.7 Å². The zero-order valence-corrected chi connectivity index (χ0v) is 13.5. The maximum Gasteiger partial charge on any atom is 0.408 e. The highest BCUT2D eigenvalue weighted by Crippen LogP contribution is 2.54. The Morgan fingerprint density at radius 1 is 1.25 bits per heavy atom. The van der Waals surface area contributed by atoms with Gasteiger partial charge in [0.15, 0.2) is 0 Å². The Bertz CT molecular complexity index is 435. The molecule has 1 N–H and O–H groups in total. The molecular weight excluding hydrogens is 254 g/mol. The number of ketones is 1. The monoisotopic (exact) mass is 281 g/mol. The Morgan fingerprint density at radius 3 is 2.40 bits per heavy atom. The second-order valence-electron chi connectivity index (χ2n) is 8.47. The molecule has 0 aromatic rings. The van der Waals surface area contributed by atoms with Crippen LogP contribution in [-0.2, 0) is 9.53 Å². The fraction of sp³-hybridized carbons (Fsp3) is 0.875. The summed E-state index contributed by atoms with van der Waals surface area (Å²) < 4.78 is 5.33. The number of hydrogen-bond acceptors (Lipinski definition) is 3. The number of carbonyl (C=O) groups is 2. The average molecular weight is 281 g/mol. The number of hydrogen-bond donors (Lipinski definition) is 1. The van der Waals surface area contributed by atoms with E-state index in [0.717, 1.165) is 12.8 Å². The van der Waals surface area contributed by atoms with Crippen molar-refractivity contribution in [3.05, 3.63) is 0 Å². The van der Waals surface area contributed by atoms with Gasteiger partial charge in [-0.15, -0.1) is 0 Å². The van der Waals surface area contributed by atoms with Crippen LogP contribution < -0.4 is 5.32 Å². The lowest BCUT2D eigenvalue weighted by atomic mass is 9.50. The van der Waals surface area contributed by atoms with E-state index in [1.54, 1.807) is 0 Å². The van der Waals surface area contributed by atoms with Crippen LogP contribution in [0.15, 0.2) is 0 Å². The molecule has 2 aliphatic rings. The van der Waals surface area contributed by atoms with Crippen LogP contribution in [0, 0.1) is 17.3 Å². The van der Waals surface area contributed by atoms with Crippen molar-refractivity contribution in [3.63, 3.8) is 0 Å². The molecule has 20 heavy (non-hydrogen) atoms. The van der Waals surface area contributed by atoms with E-state index < -0.39 is 5.60 Å². The summed E-state index contributed by atoms with van der Waals surface area (Å²) in [5.74, 6) is 0.726. The Balaban J connectivity index is 2.03. The summed E-state index contributed by atoms with van der Waals surface area (Å²) in [6, 6.07) is 0. The molecule has 0 aliphatic heterocycles. The molecule has 0 heterocycles. The van der Waals surface area contributed by atoms with Crippen LogP contribution >= 0.6 is 0 Å². The normalized spacial score (nSPS) is 35.8. The van der Waals surface area contributed by atoms with Crippen LogP contribution in [0.2, 0.25) is 0 Å². The first kappa shape index (κ1) is 15.3. The molecule has 2 saturated carbocycles. The summed E-state index contributed by atoms with van der Waals surface area (Å²) in [6.45, 7) is 11.9. The molecule has 2 aliphatic carbocycles. The number of ether oxygens (including phenoxy) is 1. The molecule has 2 rings (SSSR count). The number of nitrogens with one attached hydrogen (secondary N) is 1. The molecule has 3 atom stereocenters. The Morgan fingerprint density at radius 2 is 1.85 bits per heavy atom. The largest absolute Gasteiger partial charge is 0.444 e. The topological polar surface area (TPSA) is 55.4 Å². The fourth-order valence-corrected chi connectivity index (χ4v) is 3.69. The van der Waals surface area contributed by atoms with Crippen LogP contribution in [0.3, 0.4) is 0 Å². The fourth-order valence-electron chi connectivity index (χ4n) is 3.69. The van der Waals surface area contributed by atoms with Crippen molar-refractivity contribution in [2.75, 3.05) is 0 Å². The molecule has 0 radical (unpaired) electrons. The van der Waals surface area contributed by atoms with E-state index >= 15 is 0 Å². The van der Waals surface area contributed by atoms with Gasteiger partial charge in [0, 0.05) is 17.9 Å². The standard InChI is InChI=1S/C16H27NO3/c1-14(2,3)20-13(19)17-16(6)7-10-11(16)8-15(4,5)9-12(10)18/h10-11H,7-9H2,1-6H3,(H,17,19)/t10-,11-,16-/m1/s1. The molecule has 0 aromatic heterocycles. The predicted octanol–water partition coefficient (Wildman–Crippen LogP) is 3.30. The number of alkyl carbamates (subject to hydrolysis) is 1. The zero-order valence-electron chi connectivity index (χ0n) is 13.5. The lowest BCUT2D eigenvalue weighted by Gasteiger charge is -2.58. The Kier molecular flexibility index (Phi) is 3.43. The third-order valence-electron chi connectivity index (χ3n) is 4.57. The number of rotatable bonds is 1. The van der Waals surface area contributed by atoms with Crippen molar-refractivity contribution in [1.29, 1.82) is 0 Å². The van der Waals surface area contributed by atoms with E-state index in [1.165, 1.54) is 0 Å². The maximum absolute atomic E-state index is 12.1. The number of fused-ring (bicyclic) bond motifs is 1. The van der Waals surface area contributed by atoms with Crippen molar-refractivity contribution >= 4 is 11.9 Å². The summed E-state index contributed by atoms with van der Waals surface area (Å²) >= 11 is 0. The first-order valence-corrected chi connectivity index (χ1v) is 7.46. The van der Waals surface area contributed by atoms with E-state index in [2.05, 4.69) is 19.2 Å². The van der Waals surface area contributed by atoms with Crippen LogP contribution in [-0.4, -0.2) is 23.0 Å². The molecule has 2 fully saturated rings. The van der Waals surface area contributed by atoms with Gasteiger partial charge in [0.2, 0.25) is 0 Å². The molecule has 4 nitrogen and oxygen atoms in total. The molecule has 114 valence electrons. The van der Waals surface area contributed by atoms with Gasteiger partial charge in [-0.25, -0.2) is 4.79 Å². The van der Waals surface area contributed by atoms with Gasteiger partial charge in [-0.2, -0.15) is 0 Å². The Labute approximate surface area is 121 Å². The maximum atomic E-state index is 12.1. The molecule has 0 bridgehead atoms. The molecule has 4 heteroatoms. The summed E-state index contributed by atoms with van der Waals surface area (Å²) in [5, 5.41) is 2.99. The highest BCUT2D eigenvalue weighted by Gasteiger charge is 2.58. The summed E-state index contributed by atoms with van der Waals surface area (Å²) in [5.41, 5.74) is -0.763. The zero-order chi connectivity index (χ0) is 15.3. The van der Waals surface area contributed by atoms with Crippen molar-refractivity contribution in [2.24, 2.45) is 17.3 Å². The lowest BCUT2D eigenvalue weighted by molar-refractivity contribution is -0.144. The van der Waals surface area contributed by atoms with Gasteiger partial charge in [0.1, 0.15) is 11.4 Å². The van der Waals surface area contributed by atoms with E-state index in [-0.39, 0.29) is 28.9 Å². The average Bonchev–Trinajstić information content (AvgIpc) is 2.18. The van der Waals surface area contributed by atoms with Crippen molar-refractivity contribution < 1.29 is 14.3 Å². The van der Waals surface area contributed by atoms with E-state index in [9.17, 15) is 9.59 Å². The van der Waals surface area contributed by atoms with E-state index in [4.69, 9.17) is 4.74 Å². The van der Waals surface area contributed by atoms with Crippen LogP contribution in [0.4, 0.5) is 4.79 Å². The molecular formula is C16H27NO3. The summed E-state index contributed by atoms with van der Waals surface area (Å²) in [6.07, 6.45) is 2.01. The van der Waals surface area contributed by atoms with Gasteiger partial charge in [0.05, 0.1) is 0 Å². The number of Topliss-reactive ketones (excluding diaryl/α,β-unsaturated/α-hetero) is 1. The number of carbonyl (C=O) groups excluding carboxylic acids is 2. The minimum atomic E-state index is -0.495. The van der Waals surface area contributed by atoms with Crippen molar-refractivity contribution in [1.82, 2.24) is 5.32 Å². The smallest absolute Gasteiger partial charge is 0.408 e. The van der Waals surface area contributed by atoms with Gasteiger partial charge in [-0.1, -0.05) is 13.8 Å². The molecule has 0 spiro atoms. The number of amides is 1. The van der Waals surface area contributed by atoms with Gasteiger partial charge in [-0.05, 0) is 51.9 Å².